The first-order valence-electron chi connectivity index (χ1n) is 5.53. The van der Waals surface area contributed by atoms with E-state index >= 15 is 0 Å². The van der Waals surface area contributed by atoms with Crippen LogP contribution in [0.3, 0.4) is 0 Å². The second-order valence-electron chi connectivity index (χ2n) is 3.99. The molecule has 1 aromatic heterocycles. The Balaban J connectivity index is 2.15. The summed E-state index contributed by atoms with van der Waals surface area (Å²) in [6, 6.07) is 5.64. The molecule has 1 heterocycles. The Hall–Kier alpha value is -1.40. The summed E-state index contributed by atoms with van der Waals surface area (Å²) in [6.45, 7) is 3.91. The van der Waals surface area contributed by atoms with Crippen LogP contribution in [0.2, 0.25) is 0 Å². The van der Waals surface area contributed by atoms with Gasteiger partial charge in [0.2, 0.25) is 0 Å². The van der Waals surface area contributed by atoms with Crippen LogP contribution in [0.1, 0.15) is 30.2 Å². The van der Waals surface area contributed by atoms with Crippen LogP contribution in [0.4, 0.5) is 0 Å². The first kappa shape index (κ1) is 13.0. The van der Waals surface area contributed by atoms with E-state index in [0.717, 1.165) is 15.8 Å². The molecule has 18 heavy (non-hydrogen) atoms. The van der Waals surface area contributed by atoms with E-state index in [1.54, 1.807) is 6.92 Å². The van der Waals surface area contributed by atoms with E-state index in [-0.39, 0.29) is 12.6 Å². The van der Waals surface area contributed by atoms with E-state index in [2.05, 4.69) is 26.1 Å². The lowest BCUT2D eigenvalue weighted by molar-refractivity contribution is 0.240. The van der Waals surface area contributed by atoms with Gasteiger partial charge < -0.3 is 15.0 Å². The Bertz CT molecular complexity index is 540. The van der Waals surface area contributed by atoms with Gasteiger partial charge in [-0.25, -0.2) is 0 Å². The average Bonchev–Trinajstić information content (AvgIpc) is 2.72. The molecule has 0 aliphatic carbocycles. The van der Waals surface area contributed by atoms with E-state index in [4.69, 9.17) is 15.0 Å². The highest BCUT2D eigenvalue weighted by Gasteiger charge is 2.10. The summed E-state index contributed by atoms with van der Waals surface area (Å²) in [6.07, 6.45) is 0. The molecule has 96 valence electrons. The maximum atomic E-state index is 5.89. The Labute approximate surface area is 113 Å². The zero-order valence-corrected chi connectivity index (χ0v) is 11.8. The number of hydrogen-bond donors (Lipinski definition) is 1. The number of hydrogen-bond acceptors (Lipinski definition) is 5. The van der Waals surface area contributed by atoms with Crippen LogP contribution in [0.15, 0.2) is 27.2 Å². The van der Waals surface area contributed by atoms with Crippen LogP contribution in [-0.2, 0) is 6.61 Å². The first-order valence-corrected chi connectivity index (χ1v) is 6.32. The van der Waals surface area contributed by atoms with Crippen molar-refractivity contribution in [1.82, 2.24) is 10.1 Å². The molecule has 6 heteroatoms. The standard InChI is InChI=1S/C12H14BrN3O2/c1-7(14)10-4-3-9(13)5-11(10)17-6-12-15-8(2)16-18-12/h3-5,7H,6,14H2,1-2H3/t7-/m0/s1. The summed E-state index contributed by atoms with van der Waals surface area (Å²) >= 11 is 3.40. The van der Waals surface area contributed by atoms with Gasteiger partial charge in [-0.15, -0.1) is 0 Å². The quantitative estimate of drug-likeness (QED) is 0.939. The van der Waals surface area contributed by atoms with Crippen LogP contribution in [0.25, 0.3) is 0 Å². The Morgan fingerprint density at radius 2 is 2.28 bits per heavy atom. The van der Waals surface area contributed by atoms with Crippen LogP contribution >= 0.6 is 15.9 Å². The smallest absolute Gasteiger partial charge is 0.264 e. The molecule has 1 aromatic carbocycles. The van der Waals surface area contributed by atoms with Gasteiger partial charge in [0.15, 0.2) is 12.4 Å². The maximum Gasteiger partial charge on any atom is 0.264 e. The van der Waals surface area contributed by atoms with E-state index in [1.165, 1.54) is 0 Å². The molecule has 0 saturated carbocycles. The first-order chi connectivity index (χ1) is 8.56. The molecular weight excluding hydrogens is 298 g/mol. The second kappa shape index (κ2) is 5.49. The third-order valence-electron chi connectivity index (χ3n) is 2.39. The van der Waals surface area contributed by atoms with Gasteiger partial charge in [-0.2, -0.15) is 4.98 Å². The molecule has 2 aromatic rings. The van der Waals surface area contributed by atoms with Gasteiger partial charge in [0.25, 0.3) is 5.89 Å². The van der Waals surface area contributed by atoms with Crippen molar-refractivity contribution in [2.75, 3.05) is 0 Å². The number of benzene rings is 1. The number of nitrogens with two attached hydrogens (primary N) is 1. The lowest BCUT2D eigenvalue weighted by Crippen LogP contribution is -2.08. The molecule has 0 unspecified atom stereocenters. The summed E-state index contributed by atoms with van der Waals surface area (Å²) in [5, 5.41) is 3.70. The molecule has 0 fully saturated rings. The lowest BCUT2D eigenvalue weighted by atomic mass is 10.1. The fourth-order valence-corrected chi connectivity index (χ4v) is 1.89. The molecule has 0 amide bonds. The highest BCUT2D eigenvalue weighted by atomic mass is 79.9. The number of halogens is 1. The summed E-state index contributed by atoms with van der Waals surface area (Å²) in [7, 11) is 0. The summed E-state index contributed by atoms with van der Waals surface area (Å²) < 4.78 is 11.6. The molecule has 1 atom stereocenters. The average molecular weight is 312 g/mol. The number of nitrogens with zero attached hydrogens (tertiary/aromatic N) is 2. The fourth-order valence-electron chi connectivity index (χ4n) is 1.55. The van der Waals surface area contributed by atoms with Gasteiger partial charge >= 0.3 is 0 Å². The highest BCUT2D eigenvalue weighted by Crippen LogP contribution is 2.28. The predicted octanol–water partition coefficient (Wildman–Crippen LogP) is 2.74. The monoisotopic (exact) mass is 311 g/mol. The molecule has 2 N–H and O–H groups in total. The molecule has 0 saturated heterocycles. The van der Waals surface area contributed by atoms with Crippen LogP contribution in [-0.4, -0.2) is 10.1 Å². The fraction of sp³-hybridized carbons (Fsp3) is 0.333. The molecule has 0 spiro atoms. The zero-order valence-electron chi connectivity index (χ0n) is 10.2. The van der Waals surface area contributed by atoms with Crippen LogP contribution < -0.4 is 10.5 Å². The third kappa shape index (κ3) is 3.08. The van der Waals surface area contributed by atoms with Crippen molar-refractivity contribution < 1.29 is 9.26 Å². The minimum Gasteiger partial charge on any atom is -0.483 e. The van der Waals surface area contributed by atoms with Gasteiger partial charge in [0.1, 0.15) is 5.75 Å². The number of aromatic nitrogens is 2. The molecule has 2 rings (SSSR count). The van der Waals surface area contributed by atoms with Gasteiger partial charge in [0, 0.05) is 16.1 Å². The van der Waals surface area contributed by atoms with E-state index in [0.29, 0.717) is 11.7 Å². The van der Waals surface area contributed by atoms with Gasteiger partial charge in [-0.3, -0.25) is 0 Å². The van der Waals surface area contributed by atoms with Crippen molar-refractivity contribution in [1.29, 1.82) is 0 Å². The van der Waals surface area contributed by atoms with Gasteiger partial charge in [-0.05, 0) is 26.0 Å². The van der Waals surface area contributed by atoms with Crippen molar-refractivity contribution in [3.8, 4) is 5.75 Å². The number of rotatable bonds is 4. The minimum atomic E-state index is -0.0995. The molecular formula is C12H14BrN3O2. The zero-order chi connectivity index (χ0) is 13.1. The van der Waals surface area contributed by atoms with E-state index < -0.39 is 0 Å². The Morgan fingerprint density at radius 3 is 2.89 bits per heavy atom. The van der Waals surface area contributed by atoms with Crippen LogP contribution in [0.5, 0.6) is 5.75 Å². The van der Waals surface area contributed by atoms with Crippen molar-refractivity contribution in [2.45, 2.75) is 26.5 Å². The SMILES string of the molecule is Cc1noc(COc2cc(Br)ccc2[C@H](C)N)n1. The minimum absolute atomic E-state index is 0.0995. The lowest BCUT2D eigenvalue weighted by Gasteiger charge is -2.13. The topological polar surface area (TPSA) is 74.2 Å². The summed E-state index contributed by atoms with van der Waals surface area (Å²) in [5.74, 6) is 1.76. The van der Waals surface area contributed by atoms with Crippen molar-refractivity contribution in [3.63, 3.8) is 0 Å². The molecule has 0 radical (unpaired) electrons. The number of aryl methyl sites for hydroxylation is 1. The highest BCUT2D eigenvalue weighted by molar-refractivity contribution is 9.10. The predicted molar refractivity (Wildman–Crippen MR) is 70.1 cm³/mol. The molecule has 5 nitrogen and oxygen atoms in total. The molecule has 0 aliphatic rings. The van der Waals surface area contributed by atoms with E-state index in [9.17, 15) is 0 Å². The Morgan fingerprint density at radius 1 is 1.50 bits per heavy atom. The largest absolute Gasteiger partial charge is 0.483 e. The number of ether oxygens (including phenoxy) is 1. The van der Waals surface area contributed by atoms with Crippen LogP contribution in [0, 0.1) is 6.92 Å². The third-order valence-corrected chi connectivity index (χ3v) is 2.88. The van der Waals surface area contributed by atoms with Crippen molar-refractivity contribution in [2.24, 2.45) is 5.73 Å². The van der Waals surface area contributed by atoms with Crippen molar-refractivity contribution in [3.05, 3.63) is 40.0 Å². The van der Waals surface area contributed by atoms with E-state index in [1.807, 2.05) is 25.1 Å². The summed E-state index contributed by atoms with van der Waals surface area (Å²) in [5.41, 5.74) is 6.83. The van der Waals surface area contributed by atoms with Crippen molar-refractivity contribution >= 4 is 15.9 Å². The second-order valence-corrected chi connectivity index (χ2v) is 4.91. The maximum absolute atomic E-state index is 5.89. The normalized spacial score (nSPS) is 12.4. The Kier molecular flexibility index (Phi) is 3.98. The van der Waals surface area contributed by atoms with Gasteiger partial charge in [0.05, 0.1) is 0 Å². The summed E-state index contributed by atoms with van der Waals surface area (Å²) in [4.78, 5) is 4.08. The van der Waals surface area contributed by atoms with Gasteiger partial charge in [-0.1, -0.05) is 27.2 Å². The molecule has 0 aliphatic heterocycles. The molecule has 0 bridgehead atoms.